The molecule has 0 unspecified atom stereocenters. The largest absolute Gasteiger partial charge is 0.476 e. The summed E-state index contributed by atoms with van der Waals surface area (Å²) in [5, 5.41) is 9.11. The summed E-state index contributed by atoms with van der Waals surface area (Å²) in [6.07, 6.45) is 8.49. The Morgan fingerprint density at radius 2 is 2.05 bits per heavy atom. The highest BCUT2D eigenvalue weighted by Gasteiger charge is 2.18. The number of carbonyl (C=O) groups is 1. The van der Waals surface area contributed by atoms with Gasteiger partial charge in [0.1, 0.15) is 5.65 Å². The lowest BCUT2D eigenvalue weighted by atomic mass is 9.85. The van der Waals surface area contributed by atoms with Crippen LogP contribution in [-0.2, 0) is 0 Å². The van der Waals surface area contributed by atoms with Gasteiger partial charge in [0.2, 0.25) is 0 Å². The molecule has 1 fully saturated rings. The van der Waals surface area contributed by atoms with Crippen LogP contribution in [0.4, 0.5) is 0 Å². The van der Waals surface area contributed by atoms with E-state index in [9.17, 15) is 4.79 Å². The Morgan fingerprint density at radius 3 is 2.74 bits per heavy atom. The second-order valence-corrected chi connectivity index (χ2v) is 5.38. The molecule has 2 aromatic heterocycles. The second-order valence-electron chi connectivity index (χ2n) is 5.38. The van der Waals surface area contributed by atoms with Crippen LogP contribution in [0.25, 0.3) is 5.65 Å². The Labute approximate surface area is 112 Å². The maximum atomic E-state index is 11.1. The van der Waals surface area contributed by atoms with Crippen LogP contribution in [0.3, 0.4) is 0 Å². The first-order valence-electron chi connectivity index (χ1n) is 6.88. The van der Waals surface area contributed by atoms with Crippen LogP contribution in [0, 0.1) is 6.92 Å². The van der Waals surface area contributed by atoms with E-state index in [-0.39, 0.29) is 5.69 Å². The summed E-state index contributed by atoms with van der Waals surface area (Å²) < 4.78 is 1.91. The van der Waals surface area contributed by atoms with Gasteiger partial charge in [-0.1, -0.05) is 25.3 Å². The number of aromatic carboxylic acids is 1. The van der Waals surface area contributed by atoms with Gasteiger partial charge in [0.15, 0.2) is 5.69 Å². The molecule has 0 aliphatic heterocycles. The van der Waals surface area contributed by atoms with Gasteiger partial charge in [-0.2, -0.15) is 0 Å². The molecule has 0 saturated heterocycles. The van der Waals surface area contributed by atoms with Crippen molar-refractivity contribution in [3.05, 3.63) is 35.3 Å². The predicted octanol–water partition coefficient (Wildman–Crippen LogP) is 3.39. The highest BCUT2D eigenvalue weighted by Crippen LogP contribution is 2.32. The number of carboxylic acid groups (broad SMARTS) is 1. The molecule has 1 aliphatic rings. The lowest BCUT2D eigenvalue weighted by Crippen LogP contribution is -2.05. The fourth-order valence-corrected chi connectivity index (χ4v) is 3.06. The molecule has 2 aromatic rings. The Hall–Kier alpha value is -1.84. The molecule has 19 heavy (non-hydrogen) atoms. The van der Waals surface area contributed by atoms with E-state index < -0.39 is 5.97 Å². The number of hydrogen-bond acceptors (Lipinski definition) is 2. The molecule has 1 N–H and O–H groups in total. The van der Waals surface area contributed by atoms with Crippen molar-refractivity contribution in [2.45, 2.75) is 44.9 Å². The van der Waals surface area contributed by atoms with Crippen molar-refractivity contribution in [2.24, 2.45) is 0 Å². The summed E-state index contributed by atoms with van der Waals surface area (Å²) in [5.41, 5.74) is 2.89. The molecule has 2 heterocycles. The van der Waals surface area contributed by atoms with Crippen molar-refractivity contribution in [1.29, 1.82) is 0 Å². The number of fused-ring (bicyclic) bond motifs is 1. The van der Waals surface area contributed by atoms with E-state index in [0.717, 1.165) is 5.65 Å². The van der Waals surface area contributed by atoms with Crippen molar-refractivity contribution >= 4 is 11.6 Å². The molecule has 0 atom stereocenters. The standard InChI is InChI=1S/C15H18N2O2/c1-10-14(15(18)19)16-13-8-7-12(9-17(10)13)11-5-3-2-4-6-11/h7-9,11H,2-6H2,1H3,(H,18,19). The van der Waals surface area contributed by atoms with Crippen molar-refractivity contribution in [3.63, 3.8) is 0 Å². The van der Waals surface area contributed by atoms with Crippen LogP contribution in [-0.4, -0.2) is 20.5 Å². The molecule has 0 aromatic carbocycles. The van der Waals surface area contributed by atoms with Crippen LogP contribution in [0.15, 0.2) is 18.3 Å². The van der Waals surface area contributed by atoms with Crippen LogP contribution >= 0.6 is 0 Å². The smallest absolute Gasteiger partial charge is 0.356 e. The first kappa shape index (κ1) is 12.2. The van der Waals surface area contributed by atoms with Gasteiger partial charge in [0, 0.05) is 6.20 Å². The van der Waals surface area contributed by atoms with Gasteiger partial charge in [-0.15, -0.1) is 0 Å². The second kappa shape index (κ2) is 4.68. The fourth-order valence-electron chi connectivity index (χ4n) is 3.06. The number of rotatable bonds is 2. The number of aryl methyl sites for hydroxylation is 1. The molecule has 0 amide bonds. The van der Waals surface area contributed by atoms with Crippen molar-refractivity contribution in [2.75, 3.05) is 0 Å². The zero-order valence-electron chi connectivity index (χ0n) is 11.1. The van der Waals surface area contributed by atoms with Crippen LogP contribution in [0.2, 0.25) is 0 Å². The molecule has 4 nitrogen and oxygen atoms in total. The number of imidazole rings is 1. The topological polar surface area (TPSA) is 54.6 Å². The quantitative estimate of drug-likeness (QED) is 0.898. The number of nitrogens with zero attached hydrogens (tertiary/aromatic N) is 2. The highest BCUT2D eigenvalue weighted by molar-refractivity contribution is 5.87. The summed E-state index contributed by atoms with van der Waals surface area (Å²) in [7, 11) is 0. The Bertz CT molecular complexity index is 624. The van der Waals surface area contributed by atoms with Crippen LogP contribution < -0.4 is 0 Å². The van der Waals surface area contributed by atoms with E-state index in [1.54, 1.807) is 0 Å². The number of aromatic nitrogens is 2. The minimum Gasteiger partial charge on any atom is -0.476 e. The normalized spacial score (nSPS) is 16.9. The Balaban J connectivity index is 2.04. The van der Waals surface area contributed by atoms with Gasteiger partial charge in [-0.05, 0) is 37.3 Å². The van der Waals surface area contributed by atoms with E-state index in [0.29, 0.717) is 11.6 Å². The third kappa shape index (κ3) is 2.11. The molecule has 0 spiro atoms. The summed E-state index contributed by atoms with van der Waals surface area (Å²) in [6, 6.07) is 4.03. The number of hydrogen-bond donors (Lipinski definition) is 1. The average molecular weight is 258 g/mol. The number of carboxylic acids is 1. The third-order valence-electron chi connectivity index (χ3n) is 4.16. The van der Waals surface area contributed by atoms with Crippen molar-refractivity contribution in [3.8, 4) is 0 Å². The fraction of sp³-hybridized carbons (Fsp3) is 0.467. The zero-order chi connectivity index (χ0) is 13.4. The first-order chi connectivity index (χ1) is 9.16. The SMILES string of the molecule is Cc1c(C(=O)O)nc2ccc(C3CCCCC3)cn12. The maximum Gasteiger partial charge on any atom is 0.356 e. The minimum atomic E-state index is -0.958. The predicted molar refractivity (Wildman–Crippen MR) is 72.7 cm³/mol. The van der Waals surface area contributed by atoms with Crippen molar-refractivity contribution in [1.82, 2.24) is 9.38 Å². The van der Waals surface area contributed by atoms with E-state index in [2.05, 4.69) is 17.2 Å². The van der Waals surface area contributed by atoms with Gasteiger partial charge in [-0.3, -0.25) is 0 Å². The van der Waals surface area contributed by atoms with Gasteiger partial charge in [0.05, 0.1) is 5.69 Å². The van der Waals surface area contributed by atoms with E-state index in [1.807, 2.05) is 17.4 Å². The van der Waals surface area contributed by atoms with Gasteiger partial charge in [0.25, 0.3) is 0 Å². The molecule has 1 saturated carbocycles. The van der Waals surface area contributed by atoms with E-state index >= 15 is 0 Å². The molecular formula is C15H18N2O2. The third-order valence-corrected chi connectivity index (χ3v) is 4.16. The lowest BCUT2D eigenvalue weighted by molar-refractivity contribution is 0.0690. The molecule has 4 heteroatoms. The molecular weight excluding hydrogens is 240 g/mol. The Morgan fingerprint density at radius 1 is 1.32 bits per heavy atom. The summed E-state index contributed by atoms with van der Waals surface area (Å²) in [4.78, 5) is 15.3. The van der Waals surface area contributed by atoms with Gasteiger partial charge >= 0.3 is 5.97 Å². The monoisotopic (exact) mass is 258 g/mol. The molecule has 100 valence electrons. The summed E-state index contributed by atoms with van der Waals surface area (Å²) >= 11 is 0. The van der Waals surface area contributed by atoms with Gasteiger partial charge < -0.3 is 9.51 Å². The van der Waals surface area contributed by atoms with Crippen molar-refractivity contribution < 1.29 is 9.90 Å². The maximum absolute atomic E-state index is 11.1. The van der Waals surface area contributed by atoms with Crippen LogP contribution in [0.1, 0.15) is 59.8 Å². The van der Waals surface area contributed by atoms with E-state index in [1.165, 1.54) is 37.7 Å². The molecule has 0 bridgehead atoms. The highest BCUT2D eigenvalue weighted by atomic mass is 16.4. The first-order valence-corrected chi connectivity index (χ1v) is 6.88. The molecule has 0 radical (unpaired) electrons. The molecule has 3 rings (SSSR count). The zero-order valence-corrected chi connectivity index (χ0v) is 11.1. The lowest BCUT2D eigenvalue weighted by Gasteiger charge is -2.22. The average Bonchev–Trinajstić information content (AvgIpc) is 2.77. The number of pyridine rings is 1. The van der Waals surface area contributed by atoms with Gasteiger partial charge in [-0.25, -0.2) is 9.78 Å². The van der Waals surface area contributed by atoms with Crippen LogP contribution in [0.5, 0.6) is 0 Å². The summed E-state index contributed by atoms with van der Waals surface area (Å²) in [5.74, 6) is -0.339. The molecule has 1 aliphatic carbocycles. The summed E-state index contributed by atoms with van der Waals surface area (Å²) in [6.45, 7) is 1.81. The minimum absolute atomic E-state index is 0.154. The van der Waals surface area contributed by atoms with E-state index in [4.69, 9.17) is 5.11 Å². The Kier molecular flexibility index (Phi) is 3.01.